The van der Waals surface area contributed by atoms with E-state index >= 15 is 0 Å². The number of aliphatic hydroxyl groups excluding tert-OH is 2. The lowest BCUT2D eigenvalue weighted by Crippen LogP contribution is -2.61. The van der Waals surface area contributed by atoms with E-state index in [9.17, 15) is 34.5 Å². The summed E-state index contributed by atoms with van der Waals surface area (Å²) in [7, 11) is 0. The molecule has 1 heterocycles. The minimum absolute atomic E-state index is 0.0677. The third-order valence-electron chi connectivity index (χ3n) is 10.7. The lowest BCUT2D eigenvalue weighted by Gasteiger charge is -2.40. The molecule has 1 saturated heterocycles. The van der Waals surface area contributed by atoms with Crippen molar-refractivity contribution in [3.05, 3.63) is 0 Å². The molecule has 1 aliphatic rings. The van der Waals surface area contributed by atoms with Crippen LogP contribution in [0, 0.1) is 0 Å². The number of carbonyl (C=O) groups is 4. The second-order valence-electron chi connectivity index (χ2n) is 16.1. The summed E-state index contributed by atoms with van der Waals surface area (Å²) in [6, 6.07) is 0. The highest BCUT2D eigenvalue weighted by molar-refractivity contribution is 5.74. The number of carboxylic acids is 1. The lowest BCUT2D eigenvalue weighted by atomic mass is 9.98. The SMILES string of the molecule is CCCCCCCCCCCC(=O)OCC(COC1OC(C(=O)O)C(O)C(O)C1OC(=O)CCCCCCCCCCC)OC(=O)CCCCCCCCCCC. The molecule has 6 unspecified atom stereocenters. The van der Waals surface area contributed by atoms with Gasteiger partial charge in [0.05, 0.1) is 6.61 Å². The van der Waals surface area contributed by atoms with Gasteiger partial charge in [-0.05, 0) is 19.3 Å². The number of hydrogen-bond acceptors (Lipinski definition) is 11. The molecule has 0 saturated carbocycles. The molecule has 12 nitrogen and oxygen atoms in total. The smallest absolute Gasteiger partial charge is 0.335 e. The molecule has 0 bridgehead atoms. The van der Waals surface area contributed by atoms with Crippen molar-refractivity contribution < 1.29 is 58.2 Å². The molecule has 1 rings (SSSR count). The highest BCUT2D eigenvalue weighted by atomic mass is 16.7. The van der Waals surface area contributed by atoms with Gasteiger partial charge < -0.3 is 39.0 Å². The normalized spacial score (nSPS) is 19.9. The van der Waals surface area contributed by atoms with Crippen molar-refractivity contribution in [2.24, 2.45) is 0 Å². The average Bonchev–Trinajstić information content (AvgIpc) is 3.19. The highest BCUT2D eigenvalue weighted by Gasteiger charge is 2.50. The average molecular weight is 815 g/mol. The van der Waals surface area contributed by atoms with Gasteiger partial charge in [-0.2, -0.15) is 0 Å². The number of rotatable bonds is 38. The van der Waals surface area contributed by atoms with Crippen molar-refractivity contribution in [2.75, 3.05) is 13.2 Å². The van der Waals surface area contributed by atoms with Gasteiger partial charge >= 0.3 is 23.9 Å². The molecule has 0 spiro atoms. The maximum Gasteiger partial charge on any atom is 0.335 e. The first kappa shape index (κ1) is 52.7. The summed E-state index contributed by atoms with van der Waals surface area (Å²) in [6.45, 7) is 5.87. The Hall–Kier alpha value is -2.28. The predicted octanol–water partition coefficient (Wildman–Crippen LogP) is 9.66. The molecule has 57 heavy (non-hydrogen) atoms. The Bertz CT molecular complexity index is 1020. The van der Waals surface area contributed by atoms with E-state index in [4.69, 9.17) is 23.7 Å². The second-order valence-corrected chi connectivity index (χ2v) is 16.1. The van der Waals surface area contributed by atoms with Crippen LogP contribution in [0.4, 0.5) is 0 Å². The Morgan fingerprint density at radius 2 is 0.895 bits per heavy atom. The molecular weight excluding hydrogens is 732 g/mol. The van der Waals surface area contributed by atoms with Gasteiger partial charge in [-0.1, -0.05) is 175 Å². The molecular formula is C45H82O12. The van der Waals surface area contributed by atoms with Crippen molar-refractivity contribution in [2.45, 2.75) is 250 Å². The molecule has 0 amide bonds. The quantitative estimate of drug-likeness (QED) is 0.0306. The van der Waals surface area contributed by atoms with Crippen molar-refractivity contribution in [3.8, 4) is 0 Å². The molecule has 3 N–H and O–H groups in total. The summed E-state index contributed by atoms with van der Waals surface area (Å²) in [5.74, 6) is -3.10. The van der Waals surface area contributed by atoms with Gasteiger partial charge in [-0.25, -0.2) is 4.79 Å². The standard InChI is InChI=1S/C45H82O12/c1-4-7-10-13-16-19-22-25-28-31-37(46)53-34-36(55-38(47)32-29-26-23-20-17-14-11-8-5-2)35-54-45-43(41(50)40(49)42(57-45)44(51)52)56-39(48)33-30-27-24-21-18-15-12-9-6-3/h36,40-43,45,49-50H,4-35H2,1-3H3,(H,51,52). The molecule has 0 aliphatic carbocycles. The molecule has 0 aromatic rings. The summed E-state index contributed by atoms with van der Waals surface area (Å²) in [5.41, 5.74) is 0. The summed E-state index contributed by atoms with van der Waals surface area (Å²) in [6.07, 6.45) is 20.0. The zero-order valence-electron chi connectivity index (χ0n) is 36.1. The minimum Gasteiger partial charge on any atom is -0.479 e. The van der Waals surface area contributed by atoms with Gasteiger partial charge in [-0.3, -0.25) is 14.4 Å². The highest BCUT2D eigenvalue weighted by Crippen LogP contribution is 2.26. The van der Waals surface area contributed by atoms with E-state index in [2.05, 4.69) is 20.8 Å². The maximum atomic E-state index is 12.9. The maximum absolute atomic E-state index is 12.9. The minimum atomic E-state index is -1.89. The van der Waals surface area contributed by atoms with Gasteiger partial charge in [0.25, 0.3) is 0 Å². The number of esters is 3. The second kappa shape index (κ2) is 35.6. The van der Waals surface area contributed by atoms with E-state index in [1.54, 1.807) is 0 Å². The van der Waals surface area contributed by atoms with Gasteiger partial charge in [0.15, 0.2) is 24.6 Å². The van der Waals surface area contributed by atoms with Crippen LogP contribution in [0.15, 0.2) is 0 Å². The first-order valence-corrected chi connectivity index (χ1v) is 23.0. The fraction of sp³-hybridized carbons (Fsp3) is 0.911. The van der Waals surface area contributed by atoms with Crippen molar-refractivity contribution in [1.82, 2.24) is 0 Å². The molecule has 1 fully saturated rings. The van der Waals surface area contributed by atoms with Crippen LogP contribution in [0.25, 0.3) is 0 Å². The number of hydrogen-bond donors (Lipinski definition) is 3. The number of carbonyl (C=O) groups excluding carboxylic acids is 3. The van der Waals surface area contributed by atoms with Crippen LogP contribution in [-0.2, 0) is 42.9 Å². The lowest BCUT2D eigenvalue weighted by molar-refractivity contribution is -0.301. The van der Waals surface area contributed by atoms with Crippen LogP contribution < -0.4 is 0 Å². The number of ether oxygens (including phenoxy) is 5. The Morgan fingerprint density at radius 3 is 1.32 bits per heavy atom. The van der Waals surface area contributed by atoms with Gasteiger partial charge in [-0.15, -0.1) is 0 Å². The number of aliphatic hydroxyl groups is 2. The number of carboxylic acid groups (broad SMARTS) is 1. The van der Waals surface area contributed by atoms with E-state index in [-0.39, 0.29) is 25.9 Å². The van der Waals surface area contributed by atoms with Crippen LogP contribution in [0.2, 0.25) is 0 Å². The van der Waals surface area contributed by atoms with Gasteiger partial charge in [0, 0.05) is 19.3 Å². The van der Waals surface area contributed by atoms with Crippen molar-refractivity contribution in [3.63, 3.8) is 0 Å². The Labute approximate surface area is 344 Å². The largest absolute Gasteiger partial charge is 0.479 e. The molecule has 6 atom stereocenters. The third kappa shape index (κ3) is 27.2. The van der Waals surface area contributed by atoms with E-state index < -0.39 is 67.3 Å². The van der Waals surface area contributed by atoms with E-state index in [0.717, 1.165) is 64.2 Å². The monoisotopic (exact) mass is 815 g/mol. The summed E-state index contributed by atoms with van der Waals surface area (Å²) < 4.78 is 28.1. The van der Waals surface area contributed by atoms with Crippen molar-refractivity contribution in [1.29, 1.82) is 0 Å². The number of unbranched alkanes of at least 4 members (excludes halogenated alkanes) is 24. The predicted molar refractivity (Wildman–Crippen MR) is 221 cm³/mol. The summed E-state index contributed by atoms with van der Waals surface area (Å²) >= 11 is 0. The zero-order valence-corrected chi connectivity index (χ0v) is 36.1. The molecule has 334 valence electrons. The van der Waals surface area contributed by atoms with Crippen LogP contribution in [0.1, 0.15) is 213 Å². The molecule has 12 heteroatoms. The fourth-order valence-corrected chi connectivity index (χ4v) is 7.07. The molecule has 0 aromatic heterocycles. The van der Waals surface area contributed by atoms with Crippen LogP contribution in [0.5, 0.6) is 0 Å². The zero-order chi connectivity index (χ0) is 41.9. The Kier molecular flexibility index (Phi) is 33.0. The van der Waals surface area contributed by atoms with E-state index in [0.29, 0.717) is 19.3 Å². The summed E-state index contributed by atoms with van der Waals surface area (Å²) in [5, 5.41) is 31.1. The molecule has 0 radical (unpaired) electrons. The Morgan fingerprint density at radius 1 is 0.509 bits per heavy atom. The molecule has 1 aliphatic heterocycles. The van der Waals surface area contributed by atoms with Crippen LogP contribution in [-0.4, -0.2) is 89.2 Å². The van der Waals surface area contributed by atoms with Crippen LogP contribution >= 0.6 is 0 Å². The van der Waals surface area contributed by atoms with Crippen molar-refractivity contribution >= 4 is 23.9 Å². The van der Waals surface area contributed by atoms with Crippen LogP contribution in [0.3, 0.4) is 0 Å². The first-order chi connectivity index (χ1) is 27.6. The first-order valence-electron chi connectivity index (χ1n) is 23.0. The Balaban J connectivity index is 2.78. The van der Waals surface area contributed by atoms with Gasteiger partial charge in [0.2, 0.25) is 0 Å². The summed E-state index contributed by atoms with van der Waals surface area (Å²) in [4.78, 5) is 50.3. The topological polar surface area (TPSA) is 175 Å². The number of aliphatic carboxylic acids is 1. The van der Waals surface area contributed by atoms with E-state index in [1.165, 1.54) is 89.9 Å². The fourth-order valence-electron chi connectivity index (χ4n) is 7.07. The van der Waals surface area contributed by atoms with E-state index in [1.807, 2.05) is 0 Å². The molecule has 0 aromatic carbocycles. The van der Waals surface area contributed by atoms with Gasteiger partial charge in [0.1, 0.15) is 18.8 Å². The third-order valence-corrected chi connectivity index (χ3v) is 10.7.